The summed E-state index contributed by atoms with van der Waals surface area (Å²) in [5.74, 6) is -1.10. The van der Waals surface area contributed by atoms with Crippen LogP contribution in [-0.2, 0) is 13.1 Å². The summed E-state index contributed by atoms with van der Waals surface area (Å²) in [5.41, 5.74) is 12.6. The average Bonchev–Trinajstić information content (AvgIpc) is 2.67. The van der Waals surface area contributed by atoms with Crippen LogP contribution in [0.4, 0.5) is 0 Å². The predicted octanol–water partition coefficient (Wildman–Crippen LogP) is 0.489. The SMILES string of the molecule is NCc1[nH]c2ccc(O)c(CN)c2c1C(=O)O. The van der Waals surface area contributed by atoms with Gasteiger partial charge in [-0.15, -0.1) is 0 Å². The second-order valence-corrected chi connectivity index (χ2v) is 3.68. The van der Waals surface area contributed by atoms with E-state index in [1.165, 1.54) is 6.07 Å². The first kappa shape index (κ1) is 11.4. The number of hydrogen-bond acceptors (Lipinski definition) is 4. The highest BCUT2D eigenvalue weighted by Crippen LogP contribution is 2.31. The zero-order chi connectivity index (χ0) is 12.6. The van der Waals surface area contributed by atoms with Crippen molar-refractivity contribution in [1.82, 2.24) is 4.98 Å². The lowest BCUT2D eigenvalue weighted by atomic mass is 10.0. The van der Waals surface area contributed by atoms with E-state index >= 15 is 0 Å². The smallest absolute Gasteiger partial charge is 0.338 e. The summed E-state index contributed by atoms with van der Waals surface area (Å²) in [5, 5.41) is 19.3. The molecule has 0 spiro atoms. The number of carboxylic acids is 1. The molecule has 6 nitrogen and oxygen atoms in total. The molecule has 2 rings (SSSR count). The second kappa shape index (κ2) is 4.08. The fourth-order valence-corrected chi connectivity index (χ4v) is 2.00. The molecule has 7 N–H and O–H groups in total. The number of carbonyl (C=O) groups is 1. The molecule has 0 amide bonds. The predicted molar refractivity (Wildman–Crippen MR) is 62.7 cm³/mol. The summed E-state index contributed by atoms with van der Waals surface area (Å²) in [4.78, 5) is 14.2. The van der Waals surface area contributed by atoms with Crippen LogP contribution in [0.5, 0.6) is 5.75 Å². The number of hydrogen-bond donors (Lipinski definition) is 5. The lowest BCUT2D eigenvalue weighted by Gasteiger charge is -2.04. The Hall–Kier alpha value is -2.05. The average molecular weight is 235 g/mol. The van der Waals surface area contributed by atoms with Crippen molar-refractivity contribution in [2.75, 3.05) is 0 Å². The molecule has 1 heterocycles. The quantitative estimate of drug-likeness (QED) is 0.529. The number of fused-ring (bicyclic) bond motifs is 1. The lowest BCUT2D eigenvalue weighted by Crippen LogP contribution is -2.06. The highest BCUT2D eigenvalue weighted by molar-refractivity contribution is 6.06. The molecule has 2 aromatic rings. The van der Waals surface area contributed by atoms with Gasteiger partial charge in [-0.05, 0) is 12.1 Å². The van der Waals surface area contributed by atoms with Gasteiger partial charge in [0.25, 0.3) is 0 Å². The first-order valence-electron chi connectivity index (χ1n) is 5.09. The minimum Gasteiger partial charge on any atom is -0.508 e. The van der Waals surface area contributed by atoms with E-state index in [2.05, 4.69) is 4.98 Å². The van der Waals surface area contributed by atoms with Crippen molar-refractivity contribution in [3.05, 3.63) is 29.0 Å². The third kappa shape index (κ3) is 1.63. The number of nitrogens with one attached hydrogen (secondary N) is 1. The minimum absolute atomic E-state index is 0.00919. The van der Waals surface area contributed by atoms with Crippen molar-refractivity contribution in [2.45, 2.75) is 13.1 Å². The van der Waals surface area contributed by atoms with Crippen LogP contribution in [-0.4, -0.2) is 21.2 Å². The highest BCUT2D eigenvalue weighted by Gasteiger charge is 2.20. The van der Waals surface area contributed by atoms with Crippen molar-refractivity contribution >= 4 is 16.9 Å². The van der Waals surface area contributed by atoms with Crippen LogP contribution in [0.1, 0.15) is 21.6 Å². The van der Waals surface area contributed by atoms with E-state index in [1.54, 1.807) is 6.07 Å². The number of aromatic nitrogens is 1. The number of H-pyrrole nitrogens is 1. The van der Waals surface area contributed by atoms with Crippen molar-refractivity contribution in [3.8, 4) is 5.75 Å². The lowest BCUT2D eigenvalue weighted by molar-refractivity contribution is 0.0698. The Kier molecular flexibility index (Phi) is 2.74. The summed E-state index contributed by atoms with van der Waals surface area (Å²) in [6.07, 6.45) is 0. The van der Waals surface area contributed by atoms with E-state index in [4.69, 9.17) is 11.5 Å². The molecule has 0 aliphatic heterocycles. The number of nitrogens with two attached hydrogens (primary N) is 2. The van der Waals surface area contributed by atoms with E-state index < -0.39 is 5.97 Å². The molecule has 0 aliphatic rings. The van der Waals surface area contributed by atoms with Crippen molar-refractivity contribution in [3.63, 3.8) is 0 Å². The first-order valence-corrected chi connectivity index (χ1v) is 5.09. The molecule has 0 bridgehead atoms. The van der Waals surface area contributed by atoms with Crippen LogP contribution in [0.2, 0.25) is 0 Å². The number of aromatic hydroxyl groups is 1. The van der Waals surface area contributed by atoms with E-state index in [1.807, 2.05) is 0 Å². The summed E-state index contributed by atoms with van der Waals surface area (Å²) in [6.45, 7) is 0.145. The molecular formula is C11H13N3O3. The first-order chi connectivity index (χ1) is 8.10. The monoisotopic (exact) mass is 235 g/mol. The van der Waals surface area contributed by atoms with Gasteiger partial charge in [0, 0.05) is 35.2 Å². The van der Waals surface area contributed by atoms with Crippen LogP contribution >= 0.6 is 0 Å². The number of rotatable bonds is 3. The molecule has 0 unspecified atom stereocenters. The summed E-state index contributed by atoms with van der Waals surface area (Å²) in [6, 6.07) is 3.09. The van der Waals surface area contributed by atoms with Gasteiger partial charge in [-0.25, -0.2) is 4.79 Å². The molecule has 0 atom stereocenters. The molecule has 0 radical (unpaired) electrons. The van der Waals surface area contributed by atoms with Gasteiger partial charge in [0.2, 0.25) is 0 Å². The summed E-state index contributed by atoms with van der Waals surface area (Å²) >= 11 is 0. The number of benzene rings is 1. The molecule has 6 heteroatoms. The number of phenols is 1. The maximum atomic E-state index is 11.2. The molecule has 1 aromatic heterocycles. The Labute approximate surface area is 96.8 Å². The number of phenolic OH excluding ortho intramolecular Hbond substituents is 1. The van der Waals surface area contributed by atoms with Crippen LogP contribution < -0.4 is 11.5 Å². The second-order valence-electron chi connectivity index (χ2n) is 3.68. The van der Waals surface area contributed by atoms with Gasteiger partial charge in [0.1, 0.15) is 5.75 Å². The molecule has 0 aliphatic carbocycles. The van der Waals surface area contributed by atoms with E-state index in [-0.39, 0.29) is 24.4 Å². The summed E-state index contributed by atoms with van der Waals surface area (Å²) < 4.78 is 0. The van der Waals surface area contributed by atoms with Gasteiger partial charge in [0.15, 0.2) is 0 Å². The third-order valence-electron chi connectivity index (χ3n) is 2.75. The zero-order valence-corrected chi connectivity index (χ0v) is 9.03. The highest BCUT2D eigenvalue weighted by atomic mass is 16.4. The van der Waals surface area contributed by atoms with Crippen molar-refractivity contribution in [1.29, 1.82) is 0 Å². The topological polar surface area (TPSA) is 125 Å². The fourth-order valence-electron chi connectivity index (χ4n) is 2.00. The standard InChI is InChI=1S/C11H13N3O3/c12-3-5-8(15)2-1-6-9(5)10(11(16)17)7(4-13)14-6/h1-2,14-15H,3-4,12-13H2,(H,16,17). The molecule has 0 saturated heterocycles. The van der Waals surface area contributed by atoms with Crippen LogP contribution in [0.3, 0.4) is 0 Å². The third-order valence-corrected chi connectivity index (χ3v) is 2.75. The number of aromatic carboxylic acids is 1. The summed E-state index contributed by atoms with van der Waals surface area (Å²) in [7, 11) is 0. The Balaban J connectivity index is 2.91. The molecular weight excluding hydrogens is 222 g/mol. The minimum atomic E-state index is -1.09. The molecule has 90 valence electrons. The van der Waals surface area contributed by atoms with Crippen LogP contribution in [0, 0.1) is 0 Å². The Morgan fingerprint density at radius 3 is 2.53 bits per heavy atom. The Morgan fingerprint density at radius 1 is 1.29 bits per heavy atom. The maximum Gasteiger partial charge on any atom is 0.338 e. The van der Waals surface area contributed by atoms with Crippen molar-refractivity contribution in [2.24, 2.45) is 11.5 Å². The fraction of sp³-hybridized carbons (Fsp3) is 0.182. The van der Waals surface area contributed by atoms with Gasteiger partial charge in [-0.3, -0.25) is 0 Å². The van der Waals surface area contributed by atoms with Crippen molar-refractivity contribution < 1.29 is 15.0 Å². The van der Waals surface area contributed by atoms with E-state index in [0.717, 1.165) is 0 Å². The largest absolute Gasteiger partial charge is 0.508 e. The normalized spacial score (nSPS) is 10.9. The number of carboxylic acid groups (broad SMARTS) is 1. The maximum absolute atomic E-state index is 11.2. The molecule has 1 aromatic carbocycles. The van der Waals surface area contributed by atoms with Gasteiger partial charge >= 0.3 is 5.97 Å². The Morgan fingerprint density at radius 2 is 2.00 bits per heavy atom. The van der Waals surface area contributed by atoms with Crippen LogP contribution in [0.15, 0.2) is 12.1 Å². The van der Waals surface area contributed by atoms with Gasteiger partial charge in [-0.2, -0.15) is 0 Å². The molecule has 17 heavy (non-hydrogen) atoms. The molecule has 0 fully saturated rings. The zero-order valence-electron chi connectivity index (χ0n) is 9.03. The van der Waals surface area contributed by atoms with Gasteiger partial charge in [-0.1, -0.05) is 0 Å². The van der Waals surface area contributed by atoms with Crippen LogP contribution in [0.25, 0.3) is 10.9 Å². The molecule has 0 saturated carbocycles. The number of aromatic amines is 1. The van der Waals surface area contributed by atoms with E-state index in [9.17, 15) is 15.0 Å². The van der Waals surface area contributed by atoms with Gasteiger partial charge in [0.05, 0.1) is 5.56 Å². The van der Waals surface area contributed by atoms with E-state index in [0.29, 0.717) is 22.2 Å². The van der Waals surface area contributed by atoms with Gasteiger partial charge < -0.3 is 26.7 Å². The Bertz CT molecular complexity index is 589.